The van der Waals surface area contributed by atoms with Gasteiger partial charge in [0.05, 0.1) is 90.1 Å². The van der Waals surface area contributed by atoms with Crippen molar-refractivity contribution in [2.24, 2.45) is 65.1 Å². The van der Waals surface area contributed by atoms with Gasteiger partial charge in [0.1, 0.15) is 28.7 Å². The number of alkyl halides is 2. The van der Waals surface area contributed by atoms with Crippen molar-refractivity contribution in [3.63, 3.8) is 0 Å². The third-order valence-corrected chi connectivity index (χ3v) is 31.3. The van der Waals surface area contributed by atoms with Crippen LogP contribution in [-0.2, 0) is 41.7 Å². The summed E-state index contributed by atoms with van der Waals surface area (Å²) in [4.78, 5) is 73.9. The van der Waals surface area contributed by atoms with E-state index in [-0.39, 0.29) is 71.6 Å². The Hall–Kier alpha value is -10.9. The summed E-state index contributed by atoms with van der Waals surface area (Å²) in [5.74, 6) is 13.7. The van der Waals surface area contributed by atoms with Crippen molar-refractivity contribution in [1.29, 1.82) is 5.26 Å². The van der Waals surface area contributed by atoms with Crippen LogP contribution in [-0.4, -0.2) is 186 Å². The molecule has 27 rings (SSSR count). The number of aromatic nitrogens is 5. The Morgan fingerprint density at radius 1 is 0.412 bits per heavy atom. The highest BCUT2D eigenvalue weighted by Gasteiger charge is 2.57. The predicted octanol–water partition coefficient (Wildman–Crippen LogP) is 11.0. The van der Waals surface area contributed by atoms with Gasteiger partial charge in [0, 0.05) is 137 Å². The molecule has 2 saturated heterocycles. The molecule has 5 aromatic heterocycles. The second kappa shape index (κ2) is 34.6. The minimum atomic E-state index is -2.76. The van der Waals surface area contributed by atoms with Gasteiger partial charge in [-0.25, -0.2) is 18.4 Å². The standard InChI is InChI=1S/2C20H23BN2O3.C20H22BNO3.C19H19BN4O3.C18H18BF2N3O3/c2*24-20(12-4-1-2-5-12)23-14-8-13(9-14)16-10-21(25)26-18-11-22-17-7-3-6-15(17)19(16)18;23-20-6-11-4-12(7-20)18(13(5-11)8-20)15-9-21(24)25-17-10-22-16-3-1-2-14(16)19(15)17;21-7-11-9-24(10-11)19(25)23-13-4-12(5-13)15-6-20(26)27-17-8-22-16-3-1-2-14(16)18(15)17;20-18(21)8-24(9-18)17(25)23-11-4-10(5-11)13-6-19(26)27-15-7-22-14-3-1-2-12(14)16(13)15/h2*3,6,10-14,25H,1-2,4-5,7-9H2,(H,23,24);1-2,9-13,18,23-24H,3-8H2;1-2,6,8,11-13,26H,3-5,9-10H2,(H,23,25);1-2,6-7,10-11,26H,3-5,8-9H2,(H,23,25)/t;;11?,12-,13+,18?,20?;;. The molecule has 10 N–H and O–H groups in total. The summed E-state index contributed by atoms with van der Waals surface area (Å²) < 4.78 is 53.7. The minimum absolute atomic E-state index is 0.0287. The van der Waals surface area contributed by atoms with Crippen LogP contribution in [0.5, 0.6) is 28.7 Å². The van der Waals surface area contributed by atoms with E-state index in [0.717, 1.165) is 221 Å². The first-order valence-corrected chi connectivity index (χ1v) is 47.5. The van der Waals surface area contributed by atoms with Gasteiger partial charge in [-0.05, 0) is 214 Å². The lowest BCUT2D eigenvalue weighted by atomic mass is 9.48. The Morgan fingerprint density at radius 2 is 0.702 bits per heavy atom. The molecule has 672 valence electrons. The lowest BCUT2D eigenvalue weighted by molar-refractivity contribution is -0.139. The molecule has 10 saturated carbocycles. The number of likely N-dealkylation sites (tertiary alicyclic amines) is 2. The molecule has 34 heteroatoms. The van der Waals surface area contributed by atoms with Gasteiger partial charge in [0.25, 0.3) is 5.92 Å². The number of hydrogen-bond donors (Lipinski definition) is 10. The molecule has 7 aliphatic heterocycles. The quantitative estimate of drug-likeness (QED) is 0.0549. The van der Waals surface area contributed by atoms with Gasteiger partial charge in [-0.2, -0.15) is 5.26 Å². The molecular weight excluding hydrogens is 1670 g/mol. The van der Waals surface area contributed by atoms with Crippen LogP contribution in [0.3, 0.4) is 0 Å². The third kappa shape index (κ3) is 16.6. The number of halogens is 2. The molecule has 12 fully saturated rings. The molecule has 5 aromatic rings. The molecular formula is C97H105B5F2N12O15. The van der Waals surface area contributed by atoms with E-state index in [0.29, 0.717) is 90.2 Å². The second-order valence-electron chi connectivity index (χ2n) is 40.0. The average molecular weight is 1770 g/mol. The van der Waals surface area contributed by atoms with Crippen molar-refractivity contribution in [2.45, 2.75) is 203 Å². The number of carbonyl (C=O) groups is 4. The Kier molecular flexibility index (Phi) is 22.6. The normalized spacial score (nSPS) is 29.0. The van der Waals surface area contributed by atoms with Crippen molar-refractivity contribution in [3.05, 3.63) is 175 Å². The fourth-order valence-electron chi connectivity index (χ4n) is 24.8. The summed E-state index contributed by atoms with van der Waals surface area (Å²) in [5, 5.41) is 82.6. The van der Waals surface area contributed by atoms with E-state index in [4.69, 9.17) is 28.5 Å². The Balaban J connectivity index is 0.0000000959. The number of pyridine rings is 5. The maximum Gasteiger partial charge on any atom is 0.552 e. The first-order valence-electron chi connectivity index (χ1n) is 47.5. The van der Waals surface area contributed by atoms with E-state index in [1.165, 1.54) is 49.7 Å². The van der Waals surface area contributed by atoms with E-state index >= 15 is 0 Å². The number of allylic oxidation sites excluding steroid dienone is 10. The van der Waals surface area contributed by atoms with Crippen molar-refractivity contribution >= 4 is 118 Å². The van der Waals surface area contributed by atoms with Crippen LogP contribution in [0.15, 0.2) is 91.2 Å². The molecule has 3 unspecified atom stereocenters. The highest BCUT2D eigenvalue weighted by molar-refractivity contribution is 6.54. The topological polar surface area (TPSA) is 379 Å². The molecule has 12 heterocycles. The van der Waals surface area contributed by atoms with Crippen LogP contribution >= 0.6 is 0 Å². The van der Waals surface area contributed by atoms with Crippen LogP contribution in [0.25, 0.3) is 58.2 Å². The summed E-state index contributed by atoms with van der Waals surface area (Å²) in [6.45, 7) is 0.0169. The van der Waals surface area contributed by atoms with E-state index in [1.807, 2.05) is 30.1 Å². The number of nitriles is 1. The third-order valence-electron chi connectivity index (χ3n) is 31.3. The van der Waals surface area contributed by atoms with E-state index in [9.17, 15) is 58.2 Å². The first-order chi connectivity index (χ1) is 63.5. The predicted molar refractivity (Wildman–Crippen MR) is 490 cm³/mol. The molecule has 0 aromatic carbocycles. The number of urea groups is 2. The van der Waals surface area contributed by atoms with Crippen LogP contribution in [0.1, 0.15) is 219 Å². The summed E-state index contributed by atoms with van der Waals surface area (Å²) in [6, 6.07) is 2.24. The Morgan fingerprint density at radius 3 is 1.00 bits per heavy atom. The number of aliphatic hydroxyl groups is 1. The van der Waals surface area contributed by atoms with Crippen molar-refractivity contribution in [1.82, 2.24) is 56.0 Å². The summed E-state index contributed by atoms with van der Waals surface area (Å²) >= 11 is 0. The molecule has 6 amide bonds. The van der Waals surface area contributed by atoms with Gasteiger partial charge >= 0.3 is 47.7 Å². The molecule has 27 nitrogen and oxygen atoms in total. The fraction of sp³-hybridized carbons (Fsp3) is 0.485. The largest absolute Gasteiger partial charge is 0.552 e. The molecule has 5 atom stereocenters. The molecule has 22 aliphatic rings. The lowest BCUT2D eigenvalue weighted by Gasteiger charge is -2.59. The van der Waals surface area contributed by atoms with Gasteiger partial charge in [-0.15, -0.1) is 0 Å². The molecule has 0 spiro atoms. The zero-order valence-corrected chi connectivity index (χ0v) is 73.0. The lowest BCUT2D eigenvalue weighted by Crippen LogP contribution is -2.62. The number of nitrogens with zero attached hydrogens (tertiary/aromatic N) is 8. The molecule has 15 aliphatic carbocycles. The number of rotatable bonds is 11. The average Bonchev–Trinajstić information content (AvgIpc) is 1.31. The number of carbonyl (C=O) groups excluding carboxylic acids is 4. The number of fused-ring (bicyclic) bond motifs is 15. The van der Waals surface area contributed by atoms with Gasteiger partial charge in [-0.1, -0.05) is 86.4 Å². The SMILES string of the molecule is N#CC1CN(C(=O)NC2CC(C3=CB(O)Oc4cnc5c(c43)C=CC5)C2)C1.O=C(NC1CC(C2=CB(O)Oc3cnc4c(c32)C=CC4)C1)C1CCCC1.O=C(NC1CC(C2=CB(O)Oc3cnc4c(c32)C=CC4)C1)C1CCCC1.O=C(NC1CC(C2=CB(O)Oc3cnc4c(c32)C=CC4)C1)N1CC(F)(F)C1.OB1C=C(C2[C@@H]3CC4C[C@H]2CC(O)(C4)C3)c2c(cnc3c2C=CC3)O1. The second-order valence-corrected chi connectivity index (χ2v) is 40.0. The van der Waals surface area contributed by atoms with Crippen LogP contribution in [0, 0.1) is 76.4 Å². The maximum atomic E-state index is 12.9. The summed E-state index contributed by atoms with van der Waals surface area (Å²) in [7, 11) is -4.72. The smallest absolute Gasteiger partial charge is 0.531 e. The van der Waals surface area contributed by atoms with Gasteiger partial charge in [0.15, 0.2) is 0 Å². The van der Waals surface area contributed by atoms with E-state index in [2.05, 4.69) is 101 Å². The van der Waals surface area contributed by atoms with Gasteiger partial charge in [0.2, 0.25) is 11.8 Å². The Labute approximate surface area is 760 Å². The number of nitrogens with one attached hydrogen (secondary N) is 4. The monoisotopic (exact) mass is 1770 g/mol. The van der Waals surface area contributed by atoms with Crippen LogP contribution < -0.4 is 44.5 Å². The van der Waals surface area contributed by atoms with E-state index < -0.39 is 66.2 Å². The molecule has 131 heavy (non-hydrogen) atoms. The van der Waals surface area contributed by atoms with Crippen LogP contribution in [0.2, 0.25) is 0 Å². The Bertz CT molecular complexity index is 5720. The zero-order chi connectivity index (χ0) is 89.4. The molecule has 0 radical (unpaired) electrons. The van der Waals surface area contributed by atoms with Crippen LogP contribution in [0.4, 0.5) is 18.4 Å². The summed E-state index contributed by atoms with van der Waals surface area (Å²) in [5.41, 5.74) is 21.3. The maximum absolute atomic E-state index is 12.9. The highest BCUT2D eigenvalue weighted by Crippen LogP contribution is 2.63. The summed E-state index contributed by atoms with van der Waals surface area (Å²) in [6.07, 6.45) is 54.7. The van der Waals surface area contributed by atoms with Gasteiger partial charge < -0.3 is 84.6 Å². The number of amides is 6. The van der Waals surface area contributed by atoms with E-state index in [1.54, 1.807) is 47.8 Å². The highest BCUT2D eigenvalue weighted by atomic mass is 19.3. The van der Waals surface area contributed by atoms with Crippen molar-refractivity contribution in [2.75, 3.05) is 26.2 Å². The van der Waals surface area contributed by atoms with Crippen molar-refractivity contribution < 1.29 is 81.5 Å². The molecule has 4 bridgehead atoms. The van der Waals surface area contributed by atoms with Crippen molar-refractivity contribution in [3.8, 4) is 34.8 Å². The minimum Gasteiger partial charge on any atom is -0.531 e. The first kappa shape index (κ1) is 85.5. The van der Waals surface area contributed by atoms with Gasteiger partial charge in [-0.3, -0.25) is 34.5 Å². The fourth-order valence-corrected chi connectivity index (χ4v) is 24.8. The number of hydrogen-bond acceptors (Lipinski definition) is 21. The zero-order valence-electron chi connectivity index (χ0n) is 73.0.